The number of piperidine rings is 1. The van der Waals surface area contributed by atoms with Gasteiger partial charge in [-0.3, -0.25) is 14.7 Å². The zero-order chi connectivity index (χ0) is 17.4. The summed E-state index contributed by atoms with van der Waals surface area (Å²) in [6.07, 6.45) is 2.17. The van der Waals surface area contributed by atoms with Gasteiger partial charge in [-0.15, -0.1) is 0 Å². The fourth-order valence-corrected chi connectivity index (χ4v) is 4.11. The molecule has 1 N–H and O–H groups in total. The summed E-state index contributed by atoms with van der Waals surface area (Å²) in [5.41, 5.74) is 3.42. The van der Waals surface area contributed by atoms with Gasteiger partial charge in [-0.1, -0.05) is 0 Å². The smallest absolute Gasteiger partial charge is 0.272 e. The first kappa shape index (κ1) is 16.1. The molecule has 1 aliphatic heterocycles. The van der Waals surface area contributed by atoms with Crippen LogP contribution in [0.1, 0.15) is 35.7 Å². The van der Waals surface area contributed by atoms with E-state index in [1.807, 2.05) is 34.7 Å². The molecule has 0 spiro atoms. The molecule has 0 bridgehead atoms. The molecule has 3 aromatic rings. The standard InChI is InChI=1S/C18H20N4O2S/c1-12-8-16-19-15(10-18(24)22(16)20-12)14-2-5-21(6-3-14)17(23)9-13-4-7-25-11-13/h4,7-8,10-11,14,20H,2-3,5-6,9H2,1H3. The molecule has 0 unspecified atom stereocenters. The fraction of sp³-hybridized carbons (Fsp3) is 0.389. The summed E-state index contributed by atoms with van der Waals surface area (Å²) in [6, 6.07) is 5.50. The molecule has 1 amide bonds. The molecule has 6 nitrogen and oxygen atoms in total. The molecule has 1 aliphatic rings. The average molecular weight is 356 g/mol. The number of hydrogen-bond acceptors (Lipinski definition) is 4. The lowest BCUT2D eigenvalue weighted by molar-refractivity contribution is -0.131. The van der Waals surface area contributed by atoms with E-state index in [4.69, 9.17) is 0 Å². The number of amides is 1. The number of nitrogens with one attached hydrogen (secondary N) is 1. The van der Waals surface area contributed by atoms with Crippen LogP contribution in [-0.4, -0.2) is 38.5 Å². The number of aromatic amines is 1. The number of thiophene rings is 1. The second-order valence-electron chi connectivity index (χ2n) is 6.62. The average Bonchev–Trinajstić information content (AvgIpc) is 3.24. The highest BCUT2D eigenvalue weighted by molar-refractivity contribution is 7.08. The minimum atomic E-state index is -0.0796. The van der Waals surface area contributed by atoms with Crippen molar-refractivity contribution in [3.05, 3.63) is 56.3 Å². The maximum atomic E-state index is 12.4. The topological polar surface area (TPSA) is 70.5 Å². The van der Waals surface area contributed by atoms with E-state index < -0.39 is 0 Å². The van der Waals surface area contributed by atoms with Crippen LogP contribution in [0.4, 0.5) is 0 Å². The highest BCUT2D eigenvalue weighted by Crippen LogP contribution is 2.26. The van der Waals surface area contributed by atoms with Crippen LogP contribution in [-0.2, 0) is 11.2 Å². The van der Waals surface area contributed by atoms with Gasteiger partial charge in [0.2, 0.25) is 5.91 Å². The van der Waals surface area contributed by atoms with E-state index in [0.29, 0.717) is 12.1 Å². The third kappa shape index (κ3) is 3.24. The van der Waals surface area contributed by atoms with Gasteiger partial charge < -0.3 is 4.90 Å². The van der Waals surface area contributed by atoms with Crippen LogP contribution in [0, 0.1) is 6.92 Å². The van der Waals surface area contributed by atoms with Crippen molar-refractivity contribution in [3.63, 3.8) is 0 Å². The molecule has 3 aromatic heterocycles. The summed E-state index contributed by atoms with van der Waals surface area (Å²) >= 11 is 1.62. The maximum absolute atomic E-state index is 12.4. The second-order valence-corrected chi connectivity index (χ2v) is 7.40. The SMILES string of the molecule is Cc1cc2nc(C3CCN(C(=O)Cc4ccsc4)CC3)cc(=O)n2[nH]1. The first-order valence-corrected chi connectivity index (χ1v) is 9.42. The van der Waals surface area contributed by atoms with Gasteiger partial charge in [-0.2, -0.15) is 11.3 Å². The van der Waals surface area contributed by atoms with Gasteiger partial charge in [-0.25, -0.2) is 9.50 Å². The summed E-state index contributed by atoms with van der Waals surface area (Å²) in [6.45, 7) is 3.35. The van der Waals surface area contributed by atoms with E-state index in [-0.39, 0.29) is 17.4 Å². The fourth-order valence-electron chi connectivity index (χ4n) is 3.44. The Kier molecular flexibility index (Phi) is 4.17. The Morgan fingerprint density at radius 2 is 2.16 bits per heavy atom. The summed E-state index contributed by atoms with van der Waals surface area (Å²) in [5.74, 6) is 0.416. The Labute approximate surface area is 149 Å². The van der Waals surface area contributed by atoms with Crippen LogP contribution in [0.5, 0.6) is 0 Å². The zero-order valence-corrected chi connectivity index (χ0v) is 14.9. The van der Waals surface area contributed by atoms with Crippen molar-refractivity contribution in [3.8, 4) is 0 Å². The van der Waals surface area contributed by atoms with Gasteiger partial charge in [-0.05, 0) is 42.2 Å². The minimum absolute atomic E-state index is 0.0796. The lowest BCUT2D eigenvalue weighted by atomic mass is 9.93. The number of aryl methyl sites for hydroxylation is 1. The van der Waals surface area contributed by atoms with E-state index in [1.54, 1.807) is 17.4 Å². The minimum Gasteiger partial charge on any atom is -0.342 e. The molecule has 7 heteroatoms. The number of likely N-dealkylation sites (tertiary alicyclic amines) is 1. The Bertz CT molecular complexity index is 949. The molecule has 0 aliphatic carbocycles. The summed E-state index contributed by atoms with van der Waals surface area (Å²) in [7, 11) is 0. The molecule has 25 heavy (non-hydrogen) atoms. The van der Waals surface area contributed by atoms with Gasteiger partial charge in [0.1, 0.15) is 0 Å². The summed E-state index contributed by atoms with van der Waals surface area (Å²) < 4.78 is 1.47. The van der Waals surface area contributed by atoms with Crippen LogP contribution in [0.25, 0.3) is 5.65 Å². The van der Waals surface area contributed by atoms with Gasteiger partial charge >= 0.3 is 0 Å². The van der Waals surface area contributed by atoms with Crippen molar-refractivity contribution in [1.29, 1.82) is 0 Å². The van der Waals surface area contributed by atoms with Gasteiger partial charge in [0.25, 0.3) is 5.56 Å². The Hall–Kier alpha value is -2.41. The van der Waals surface area contributed by atoms with E-state index in [0.717, 1.165) is 42.9 Å². The van der Waals surface area contributed by atoms with Crippen molar-refractivity contribution in [1.82, 2.24) is 19.5 Å². The zero-order valence-electron chi connectivity index (χ0n) is 14.1. The van der Waals surface area contributed by atoms with Gasteiger partial charge in [0, 0.05) is 36.8 Å². The molecule has 0 atom stereocenters. The Morgan fingerprint density at radius 1 is 1.36 bits per heavy atom. The number of carbonyl (C=O) groups excluding carboxylic acids is 1. The first-order valence-electron chi connectivity index (χ1n) is 8.48. The highest BCUT2D eigenvalue weighted by atomic mass is 32.1. The lowest BCUT2D eigenvalue weighted by Crippen LogP contribution is -2.39. The van der Waals surface area contributed by atoms with E-state index in [1.165, 1.54) is 4.52 Å². The Balaban J connectivity index is 1.45. The van der Waals surface area contributed by atoms with Crippen LogP contribution < -0.4 is 5.56 Å². The predicted octanol–water partition coefficient (Wildman–Crippen LogP) is 2.34. The quantitative estimate of drug-likeness (QED) is 0.783. The van der Waals surface area contributed by atoms with Crippen LogP contribution in [0.3, 0.4) is 0 Å². The normalized spacial score (nSPS) is 15.8. The second kappa shape index (κ2) is 6.48. The van der Waals surface area contributed by atoms with E-state index >= 15 is 0 Å². The van der Waals surface area contributed by atoms with Crippen LogP contribution in [0.15, 0.2) is 33.8 Å². The summed E-state index contributed by atoms with van der Waals surface area (Å²) in [5, 5.41) is 7.01. The van der Waals surface area contributed by atoms with Crippen molar-refractivity contribution in [2.75, 3.05) is 13.1 Å². The largest absolute Gasteiger partial charge is 0.342 e. The van der Waals surface area contributed by atoms with Crippen LogP contribution >= 0.6 is 11.3 Å². The molecule has 1 saturated heterocycles. The molecule has 0 radical (unpaired) electrons. The molecule has 0 aromatic carbocycles. The van der Waals surface area contributed by atoms with Crippen molar-refractivity contribution >= 4 is 22.9 Å². The Morgan fingerprint density at radius 3 is 2.88 bits per heavy atom. The molecular formula is C18H20N4O2S. The maximum Gasteiger partial charge on any atom is 0.272 e. The van der Waals surface area contributed by atoms with Gasteiger partial charge in [0.05, 0.1) is 12.1 Å². The van der Waals surface area contributed by atoms with E-state index in [9.17, 15) is 9.59 Å². The number of nitrogens with zero attached hydrogens (tertiary/aromatic N) is 3. The van der Waals surface area contributed by atoms with Crippen LogP contribution in [0.2, 0.25) is 0 Å². The monoisotopic (exact) mass is 356 g/mol. The molecule has 1 fully saturated rings. The lowest BCUT2D eigenvalue weighted by Gasteiger charge is -2.31. The predicted molar refractivity (Wildman–Crippen MR) is 97.1 cm³/mol. The van der Waals surface area contributed by atoms with Gasteiger partial charge in [0.15, 0.2) is 5.65 Å². The first-order chi connectivity index (χ1) is 12.1. The highest BCUT2D eigenvalue weighted by Gasteiger charge is 2.25. The molecule has 4 rings (SSSR count). The van der Waals surface area contributed by atoms with E-state index in [2.05, 4.69) is 10.1 Å². The third-order valence-electron chi connectivity index (χ3n) is 4.80. The number of hydrogen-bond donors (Lipinski definition) is 1. The molecular weight excluding hydrogens is 336 g/mol. The number of carbonyl (C=O) groups is 1. The van der Waals surface area contributed by atoms with Crippen molar-refractivity contribution < 1.29 is 4.79 Å². The van der Waals surface area contributed by atoms with Crippen molar-refractivity contribution in [2.45, 2.75) is 32.1 Å². The molecule has 4 heterocycles. The van der Waals surface area contributed by atoms with Crippen molar-refractivity contribution in [2.24, 2.45) is 0 Å². The number of H-pyrrole nitrogens is 1. The number of aromatic nitrogens is 3. The summed E-state index contributed by atoms with van der Waals surface area (Å²) in [4.78, 5) is 31.2. The molecule has 130 valence electrons. The number of rotatable bonds is 3. The third-order valence-corrected chi connectivity index (χ3v) is 5.53. The number of fused-ring (bicyclic) bond motifs is 1. The molecule has 0 saturated carbocycles.